The molecule has 0 saturated heterocycles. The lowest BCUT2D eigenvalue weighted by atomic mass is 10.1. The van der Waals surface area contributed by atoms with E-state index in [0.29, 0.717) is 6.54 Å². The summed E-state index contributed by atoms with van der Waals surface area (Å²) in [4.78, 5) is 13.3. The smallest absolute Gasteiger partial charge is 0.406 e. The predicted molar refractivity (Wildman–Crippen MR) is 95.0 cm³/mol. The van der Waals surface area contributed by atoms with Gasteiger partial charge in [0.1, 0.15) is 5.75 Å². The highest BCUT2D eigenvalue weighted by Crippen LogP contribution is 2.22. The number of hydrogen-bond acceptors (Lipinski definition) is 4. The van der Waals surface area contributed by atoms with Crippen molar-refractivity contribution in [1.29, 1.82) is 0 Å². The van der Waals surface area contributed by atoms with Gasteiger partial charge in [0.25, 0.3) is 0 Å². The Labute approximate surface area is 141 Å². The Morgan fingerprint density at radius 1 is 1.17 bits per heavy atom. The Morgan fingerprint density at radius 2 is 1.74 bits per heavy atom. The Morgan fingerprint density at radius 3 is 2.17 bits per heavy atom. The molecule has 0 aliphatic rings. The molecule has 1 amide bonds. The van der Waals surface area contributed by atoms with Gasteiger partial charge in [0, 0.05) is 19.1 Å². The SMILES string of the molecule is CCC.CCN(CCNC(=O)OC)[C@@H](C)c1ccc(OC)cc1. The molecule has 0 aliphatic heterocycles. The van der Waals surface area contributed by atoms with Crippen molar-refractivity contribution in [3.63, 3.8) is 0 Å². The summed E-state index contributed by atoms with van der Waals surface area (Å²) in [5.41, 5.74) is 1.23. The topological polar surface area (TPSA) is 50.8 Å². The van der Waals surface area contributed by atoms with Crippen molar-refractivity contribution >= 4 is 6.09 Å². The van der Waals surface area contributed by atoms with Crippen LogP contribution in [0.3, 0.4) is 0 Å². The van der Waals surface area contributed by atoms with Crippen LogP contribution in [0.15, 0.2) is 24.3 Å². The molecule has 0 spiro atoms. The van der Waals surface area contributed by atoms with Crippen molar-refractivity contribution in [2.45, 2.75) is 40.2 Å². The zero-order valence-corrected chi connectivity index (χ0v) is 15.4. The number of nitrogens with zero attached hydrogens (tertiary/aromatic N) is 1. The van der Waals surface area contributed by atoms with Crippen LogP contribution in [0, 0.1) is 0 Å². The number of benzene rings is 1. The van der Waals surface area contributed by atoms with Crippen LogP contribution in [0.5, 0.6) is 5.75 Å². The zero-order chi connectivity index (χ0) is 17.7. The minimum atomic E-state index is -0.391. The zero-order valence-electron chi connectivity index (χ0n) is 15.4. The van der Waals surface area contributed by atoms with Crippen LogP contribution in [-0.2, 0) is 4.74 Å². The minimum Gasteiger partial charge on any atom is -0.497 e. The highest BCUT2D eigenvalue weighted by Gasteiger charge is 2.14. The molecule has 132 valence electrons. The van der Waals surface area contributed by atoms with Gasteiger partial charge in [0.05, 0.1) is 14.2 Å². The highest BCUT2D eigenvalue weighted by atomic mass is 16.5. The summed E-state index contributed by atoms with van der Waals surface area (Å²) in [6.45, 7) is 10.8. The van der Waals surface area contributed by atoms with Crippen molar-refractivity contribution < 1.29 is 14.3 Å². The Hall–Kier alpha value is -1.75. The van der Waals surface area contributed by atoms with Gasteiger partial charge in [0.15, 0.2) is 0 Å². The second-order valence-corrected chi connectivity index (χ2v) is 5.20. The average Bonchev–Trinajstić information content (AvgIpc) is 2.58. The molecule has 23 heavy (non-hydrogen) atoms. The molecule has 5 nitrogen and oxygen atoms in total. The third-order valence-corrected chi connectivity index (χ3v) is 3.41. The lowest BCUT2D eigenvalue weighted by Gasteiger charge is -2.28. The number of likely N-dealkylation sites (N-methyl/N-ethyl adjacent to an activating group) is 1. The Bertz CT molecular complexity index is 421. The third kappa shape index (κ3) is 8.45. The molecule has 1 aromatic rings. The second kappa shape index (κ2) is 12.8. The van der Waals surface area contributed by atoms with Crippen LogP contribution in [0.25, 0.3) is 0 Å². The number of carbonyl (C=O) groups is 1. The summed E-state index contributed by atoms with van der Waals surface area (Å²) in [5, 5.41) is 2.70. The lowest BCUT2D eigenvalue weighted by molar-refractivity contribution is 0.165. The first-order valence-corrected chi connectivity index (χ1v) is 8.23. The van der Waals surface area contributed by atoms with Crippen LogP contribution in [0.1, 0.15) is 45.7 Å². The van der Waals surface area contributed by atoms with Gasteiger partial charge in [-0.2, -0.15) is 0 Å². The molecule has 0 heterocycles. The molecular formula is C18H32N2O3. The van der Waals surface area contributed by atoms with Gasteiger partial charge in [-0.15, -0.1) is 0 Å². The van der Waals surface area contributed by atoms with Crippen LogP contribution < -0.4 is 10.1 Å². The van der Waals surface area contributed by atoms with E-state index in [1.807, 2.05) is 12.1 Å². The molecule has 0 radical (unpaired) electrons. The fourth-order valence-corrected chi connectivity index (χ4v) is 2.09. The summed E-state index contributed by atoms with van der Waals surface area (Å²) in [7, 11) is 3.03. The number of rotatable bonds is 7. The molecular weight excluding hydrogens is 292 g/mol. The maximum Gasteiger partial charge on any atom is 0.406 e. The van der Waals surface area contributed by atoms with Gasteiger partial charge >= 0.3 is 6.09 Å². The van der Waals surface area contributed by atoms with Gasteiger partial charge in [0.2, 0.25) is 0 Å². The first kappa shape index (κ1) is 21.2. The molecule has 0 bridgehead atoms. The molecule has 5 heteroatoms. The van der Waals surface area contributed by atoms with E-state index in [0.717, 1.165) is 18.8 Å². The molecule has 0 saturated carbocycles. The number of amides is 1. The average molecular weight is 324 g/mol. The quantitative estimate of drug-likeness (QED) is 0.827. The number of alkyl carbamates (subject to hydrolysis) is 1. The van der Waals surface area contributed by atoms with E-state index in [4.69, 9.17) is 4.74 Å². The Balaban J connectivity index is 0.00000149. The van der Waals surface area contributed by atoms with E-state index in [1.54, 1.807) is 7.11 Å². The molecule has 0 fully saturated rings. The molecule has 0 aromatic heterocycles. The number of carbonyl (C=O) groups excluding carboxylic acids is 1. The van der Waals surface area contributed by atoms with Crippen molar-refractivity contribution in [2.24, 2.45) is 0 Å². The molecule has 0 aliphatic carbocycles. The van der Waals surface area contributed by atoms with E-state index in [9.17, 15) is 4.79 Å². The molecule has 1 rings (SSSR count). The summed E-state index contributed by atoms with van der Waals surface area (Å²) < 4.78 is 9.72. The van der Waals surface area contributed by atoms with Gasteiger partial charge in [-0.3, -0.25) is 4.90 Å². The molecule has 0 unspecified atom stereocenters. The number of methoxy groups -OCH3 is 2. The monoisotopic (exact) mass is 324 g/mol. The van der Waals surface area contributed by atoms with Gasteiger partial charge in [-0.05, 0) is 31.2 Å². The van der Waals surface area contributed by atoms with Crippen LogP contribution in [0.4, 0.5) is 4.79 Å². The number of nitrogens with one attached hydrogen (secondary N) is 1. The van der Waals surface area contributed by atoms with Gasteiger partial charge < -0.3 is 14.8 Å². The summed E-state index contributed by atoms with van der Waals surface area (Å²) in [6, 6.07) is 8.35. The normalized spacial score (nSPS) is 11.3. The van der Waals surface area contributed by atoms with Crippen molar-refractivity contribution in [3.05, 3.63) is 29.8 Å². The maximum atomic E-state index is 11.0. The van der Waals surface area contributed by atoms with Crippen LogP contribution in [-0.4, -0.2) is 44.8 Å². The third-order valence-electron chi connectivity index (χ3n) is 3.41. The predicted octanol–water partition coefficient (Wildman–Crippen LogP) is 3.85. The lowest BCUT2D eigenvalue weighted by Crippen LogP contribution is -2.36. The van der Waals surface area contributed by atoms with E-state index in [1.165, 1.54) is 19.1 Å². The first-order chi connectivity index (χ1) is 11.0. The largest absolute Gasteiger partial charge is 0.497 e. The van der Waals surface area contributed by atoms with E-state index >= 15 is 0 Å². The maximum absolute atomic E-state index is 11.0. The van der Waals surface area contributed by atoms with E-state index in [2.05, 4.69) is 54.8 Å². The fraction of sp³-hybridized carbons (Fsp3) is 0.611. The van der Waals surface area contributed by atoms with E-state index < -0.39 is 6.09 Å². The summed E-state index contributed by atoms with van der Waals surface area (Å²) in [6.07, 6.45) is 0.859. The molecule has 1 N–H and O–H groups in total. The van der Waals surface area contributed by atoms with Gasteiger partial charge in [-0.1, -0.05) is 39.3 Å². The number of ether oxygens (including phenoxy) is 2. The standard InChI is InChI=1S/C15H24N2O3.C3H8/c1-5-17(11-10-16-15(18)20-4)12(2)13-6-8-14(19-3)9-7-13;1-3-2/h6-9,12H,5,10-11H2,1-4H3,(H,16,18);3H2,1-2H3/t12-;/m0./s1. The van der Waals surface area contributed by atoms with Gasteiger partial charge in [-0.25, -0.2) is 4.79 Å². The molecule has 1 aromatic carbocycles. The second-order valence-electron chi connectivity index (χ2n) is 5.20. The first-order valence-electron chi connectivity index (χ1n) is 8.23. The summed E-state index contributed by atoms with van der Waals surface area (Å²) in [5.74, 6) is 0.858. The van der Waals surface area contributed by atoms with Crippen molar-refractivity contribution in [1.82, 2.24) is 10.2 Å². The van der Waals surface area contributed by atoms with Crippen LogP contribution in [0.2, 0.25) is 0 Å². The fourth-order valence-electron chi connectivity index (χ4n) is 2.09. The van der Waals surface area contributed by atoms with E-state index in [-0.39, 0.29) is 6.04 Å². The number of hydrogen-bond donors (Lipinski definition) is 1. The Kier molecular flexibility index (Phi) is 11.8. The van der Waals surface area contributed by atoms with Crippen LogP contribution >= 0.6 is 0 Å². The summed E-state index contributed by atoms with van der Waals surface area (Å²) >= 11 is 0. The minimum absolute atomic E-state index is 0.283. The van der Waals surface area contributed by atoms with Crippen molar-refractivity contribution in [2.75, 3.05) is 33.9 Å². The van der Waals surface area contributed by atoms with Crippen molar-refractivity contribution in [3.8, 4) is 5.75 Å². The molecule has 1 atom stereocenters. The highest BCUT2D eigenvalue weighted by molar-refractivity contribution is 5.66.